The molecule has 0 saturated heterocycles. The fourth-order valence-electron chi connectivity index (χ4n) is 0.672. The minimum absolute atomic E-state index is 0.0558. The molecule has 76 valence electrons. The molecule has 0 aliphatic carbocycles. The topological polar surface area (TPSA) is 55.4 Å². The van der Waals surface area contributed by atoms with Gasteiger partial charge in [0.15, 0.2) is 0 Å². The van der Waals surface area contributed by atoms with Gasteiger partial charge in [0.1, 0.15) is 5.78 Å². The van der Waals surface area contributed by atoms with Crippen LogP contribution in [0.2, 0.25) is 0 Å². The fourth-order valence-corrected chi connectivity index (χ4v) is 0.672. The lowest BCUT2D eigenvalue weighted by molar-refractivity contribution is -0.128. The van der Waals surface area contributed by atoms with Crippen molar-refractivity contribution in [3.05, 3.63) is 0 Å². The summed E-state index contributed by atoms with van der Waals surface area (Å²) in [6, 6.07) is 0. The Balaban J connectivity index is 3.76. The number of ketones is 1. The summed E-state index contributed by atoms with van der Waals surface area (Å²) in [5.74, 6) is -0.384. The zero-order valence-corrected chi connectivity index (χ0v) is 8.64. The molecule has 13 heavy (non-hydrogen) atoms. The molecule has 1 amide bonds. The van der Waals surface area contributed by atoms with E-state index in [1.807, 2.05) is 13.8 Å². The Bertz CT molecular complexity index is 199. The maximum atomic E-state index is 11.0. The van der Waals surface area contributed by atoms with Crippen molar-refractivity contribution >= 4 is 11.7 Å². The molecule has 0 radical (unpaired) electrons. The van der Waals surface area contributed by atoms with Gasteiger partial charge in [-0.05, 0) is 20.8 Å². The highest BCUT2D eigenvalue weighted by molar-refractivity contribution is 5.96. The molecule has 0 rings (SSSR count). The van der Waals surface area contributed by atoms with Crippen molar-refractivity contribution in [2.45, 2.75) is 32.8 Å². The molecule has 0 heterocycles. The highest BCUT2D eigenvalue weighted by Gasteiger charge is 2.17. The number of carbonyl (C=O) groups excluding carboxylic acids is 2. The normalized spacial score (nSPS) is 11.1. The average molecular weight is 187 g/mol. The summed E-state index contributed by atoms with van der Waals surface area (Å²) in [6.07, 6.45) is -0.0558. The quantitative estimate of drug-likeness (QED) is 0.638. The highest BCUT2D eigenvalue weighted by Crippen LogP contribution is 2.04. The van der Waals surface area contributed by atoms with Crippen molar-refractivity contribution in [2.24, 2.45) is 0 Å². The van der Waals surface area contributed by atoms with Gasteiger partial charge in [-0.3, -0.25) is 9.59 Å². The van der Waals surface area contributed by atoms with Gasteiger partial charge in [-0.1, -0.05) is 0 Å². The van der Waals surface area contributed by atoms with Gasteiger partial charge in [-0.15, -0.1) is 0 Å². The summed E-state index contributed by atoms with van der Waals surface area (Å²) in [5.41, 5.74) is -0.382. The van der Waals surface area contributed by atoms with Crippen LogP contribution in [0, 0.1) is 0 Å². The first kappa shape index (κ1) is 12.1. The Morgan fingerprint density at radius 1 is 1.38 bits per heavy atom. The van der Waals surface area contributed by atoms with E-state index < -0.39 is 0 Å². The minimum atomic E-state index is -0.382. The number of ether oxygens (including phenoxy) is 1. The monoisotopic (exact) mass is 187 g/mol. The Labute approximate surface area is 78.6 Å². The van der Waals surface area contributed by atoms with E-state index in [4.69, 9.17) is 4.74 Å². The summed E-state index contributed by atoms with van der Waals surface area (Å²) in [6.45, 7) is 5.53. The molecular weight excluding hydrogens is 170 g/mol. The van der Waals surface area contributed by atoms with E-state index in [-0.39, 0.29) is 23.7 Å². The molecule has 0 atom stereocenters. The van der Waals surface area contributed by atoms with Crippen molar-refractivity contribution < 1.29 is 14.3 Å². The van der Waals surface area contributed by atoms with Crippen LogP contribution in [-0.2, 0) is 14.3 Å². The molecule has 0 aromatic rings. The molecule has 0 aromatic heterocycles. The van der Waals surface area contributed by atoms with E-state index in [1.54, 1.807) is 7.11 Å². The van der Waals surface area contributed by atoms with Gasteiger partial charge < -0.3 is 10.1 Å². The molecule has 0 aromatic carbocycles. The number of Topliss-reactive ketones (excluding diaryl/α,β-unsaturated/α-hetero) is 1. The summed E-state index contributed by atoms with van der Waals surface area (Å²) in [5, 5.41) is 2.62. The van der Waals surface area contributed by atoms with Crippen LogP contribution in [0.3, 0.4) is 0 Å². The molecule has 0 aliphatic rings. The standard InChI is InChI=1S/C9H17NO3/c1-7(11)5-8(12)10-6-9(2,3)13-4/h5-6H2,1-4H3,(H,10,12). The second kappa shape index (κ2) is 4.97. The number of rotatable bonds is 5. The van der Waals surface area contributed by atoms with Crippen LogP contribution in [0.5, 0.6) is 0 Å². The minimum Gasteiger partial charge on any atom is -0.377 e. The smallest absolute Gasteiger partial charge is 0.227 e. The Kier molecular flexibility index (Phi) is 4.62. The summed E-state index contributed by atoms with van der Waals surface area (Å²) >= 11 is 0. The first-order valence-corrected chi connectivity index (χ1v) is 4.18. The first-order chi connectivity index (χ1) is 5.87. The van der Waals surface area contributed by atoms with E-state index in [2.05, 4.69) is 5.32 Å². The molecule has 4 heteroatoms. The van der Waals surface area contributed by atoms with E-state index >= 15 is 0 Å². The van der Waals surface area contributed by atoms with Gasteiger partial charge in [-0.25, -0.2) is 0 Å². The molecule has 1 N–H and O–H groups in total. The van der Waals surface area contributed by atoms with Gasteiger partial charge in [0.25, 0.3) is 0 Å². The number of hydrogen-bond acceptors (Lipinski definition) is 3. The number of methoxy groups -OCH3 is 1. The second-order valence-corrected chi connectivity index (χ2v) is 3.62. The van der Waals surface area contributed by atoms with E-state index in [9.17, 15) is 9.59 Å². The van der Waals surface area contributed by atoms with Gasteiger partial charge in [0, 0.05) is 13.7 Å². The first-order valence-electron chi connectivity index (χ1n) is 4.18. The highest BCUT2D eigenvalue weighted by atomic mass is 16.5. The molecule has 0 spiro atoms. The van der Waals surface area contributed by atoms with Gasteiger partial charge in [-0.2, -0.15) is 0 Å². The SMILES string of the molecule is COC(C)(C)CNC(=O)CC(C)=O. The third-order valence-corrected chi connectivity index (χ3v) is 1.67. The molecule has 4 nitrogen and oxygen atoms in total. The molecule has 0 unspecified atom stereocenters. The van der Waals surface area contributed by atoms with Gasteiger partial charge in [0.05, 0.1) is 12.0 Å². The maximum absolute atomic E-state index is 11.0. The summed E-state index contributed by atoms with van der Waals surface area (Å²) in [7, 11) is 1.58. The zero-order chi connectivity index (χ0) is 10.5. The van der Waals surface area contributed by atoms with Crippen molar-refractivity contribution in [3.8, 4) is 0 Å². The third kappa shape index (κ3) is 6.28. The van der Waals surface area contributed by atoms with E-state index in [0.29, 0.717) is 6.54 Å². The third-order valence-electron chi connectivity index (χ3n) is 1.67. The Hall–Kier alpha value is -0.900. The molecular formula is C9H17NO3. The Morgan fingerprint density at radius 3 is 2.31 bits per heavy atom. The number of carbonyl (C=O) groups is 2. The number of hydrogen-bond donors (Lipinski definition) is 1. The van der Waals surface area contributed by atoms with Gasteiger partial charge in [0.2, 0.25) is 5.91 Å². The van der Waals surface area contributed by atoms with Crippen LogP contribution < -0.4 is 5.32 Å². The van der Waals surface area contributed by atoms with Crippen molar-refractivity contribution in [1.82, 2.24) is 5.32 Å². The zero-order valence-electron chi connectivity index (χ0n) is 8.64. The molecule has 0 saturated carbocycles. The van der Waals surface area contributed by atoms with Crippen molar-refractivity contribution in [1.29, 1.82) is 0 Å². The number of nitrogens with one attached hydrogen (secondary N) is 1. The largest absolute Gasteiger partial charge is 0.377 e. The van der Waals surface area contributed by atoms with Crippen LogP contribution in [0.4, 0.5) is 0 Å². The van der Waals surface area contributed by atoms with E-state index in [1.165, 1.54) is 6.92 Å². The van der Waals surface area contributed by atoms with Crippen LogP contribution in [-0.4, -0.2) is 30.9 Å². The molecule has 0 fully saturated rings. The fraction of sp³-hybridized carbons (Fsp3) is 0.778. The van der Waals surface area contributed by atoms with Crippen molar-refractivity contribution in [3.63, 3.8) is 0 Å². The van der Waals surface area contributed by atoms with Crippen LogP contribution in [0.25, 0.3) is 0 Å². The molecule has 0 aliphatic heterocycles. The van der Waals surface area contributed by atoms with Gasteiger partial charge >= 0.3 is 0 Å². The summed E-state index contributed by atoms with van der Waals surface area (Å²) in [4.78, 5) is 21.6. The van der Waals surface area contributed by atoms with Crippen LogP contribution >= 0.6 is 0 Å². The lowest BCUT2D eigenvalue weighted by atomic mass is 10.1. The second-order valence-electron chi connectivity index (χ2n) is 3.62. The number of amides is 1. The maximum Gasteiger partial charge on any atom is 0.227 e. The van der Waals surface area contributed by atoms with Crippen molar-refractivity contribution in [2.75, 3.05) is 13.7 Å². The predicted octanol–water partition coefficient (Wildman–Crippen LogP) is 0.507. The molecule has 0 bridgehead atoms. The lowest BCUT2D eigenvalue weighted by Crippen LogP contribution is -2.40. The lowest BCUT2D eigenvalue weighted by Gasteiger charge is -2.22. The Morgan fingerprint density at radius 2 is 1.92 bits per heavy atom. The van der Waals surface area contributed by atoms with Crippen LogP contribution in [0.15, 0.2) is 0 Å². The van der Waals surface area contributed by atoms with Crippen LogP contribution in [0.1, 0.15) is 27.2 Å². The predicted molar refractivity (Wildman–Crippen MR) is 49.4 cm³/mol. The average Bonchev–Trinajstić information content (AvgIpc) is 2.00. The van der Waals surface area contributed by atoms with E-state index in [0.717, 1.165) is 0 Å². The summed E-state index contributed by atoms with van der Waals surface area (Å²) < 4.78 is 5.09.